The number of aryl methyl sites for hydroxylation is 2. The molecule has 0 fully saturated rings. The second-order valence-electron chi connectivity index (χ2n) is 3.22. The number of aliphatic hydroxyl groups is 2. The highest BCUT2D eigenvalue weighted by atomic mass is 16.3. The summed E-state index contributed by atoms with van der Waals surface area (Å²) in [6, 6.07) is 3.83. The molecule has 3 nitrogen and oxygen atoms in total. The summed E-state index contributed by atoms with van der Waals surface area (Å²) in [6.45, 7) is 1.94. The van der Waals surface area contributed by atoms with E-state index in [2.05, 4.69) is 0 Å². The summed E-state index contributed by atoms with van der Waals surface area (Å²) in [7, 11) is 0. The summed E-state index contributed by atoms with van der Waals surface area (Å²) in [5.41, 5.74) is 0. The van der Waals surface area contributed by atoms with Gasteiger partial charge in [-0.25, -0.2) is 0 Å². The van der Waals surface area contributed by atoms with Crippen LogP contribution in [0.5, 0.6) is 0 Å². The molecule has 1 heterocycles. The normalized spacial score (nSPS) is 13.2. The quantitative estimate of drug-likeness (QED) is 0.724. The van der Waals surface area contributed by atoms with Gasteiger partial charge in [-0.05, 0) is 31.9 Å². The molecule has 0 saturated heterocycles. The fourth-order valence-electron chi connectivity index (χ4n) is 1.22. The Kier molecular flexibility index (Phi) is 3.99. The summed E-state index contributed by atoms with van der Waals surface area (Å²) in [6.07, 6.45) is 1.40. The highest BCUT2D eigenvalue weighted by Gasteiger charge is 2.05. The van der Waals surface area contributed by atoms with Gasteiger partial charge in [0.05, 0.1) is 6.10 Å². The minimum atomic E-state index is -0.421. The number of rotatable bonds is 5. The Hall–Kier alpha value is -0.800. The maximum atomic E-state index is 9.32. The molecule has 1 unspecified atom stereocenters. The number of furan rings is 1. The van der Waals surface area contributed by atoms with E-state index in [1.165, 1.54) is 0 Å². The fraction of sp³-hybridized carbons (Fsp3) is 0.600. The zero-order valence-electron chi connectivity index (χ0n) is 7.86. The zero-order valence-corrected chi connectivity index (χ0v) is 7.86. The second-order valence-corrected chi connectivity index (χ2v) is 3.22. The van der Waals surface area contributed by atoms with Crippen LogP contribution >= 0.6 is 0 Å². The molecule has 3 heteroatoms. The Morgan fingerprint density at radius 1 is 1.38 bits per heavy atom. The highest BCUT2D eigenvalue weighted by molar-refractivity contribution is 5.05. The molecule has 0 aliphatic carbocycles. The minimum absolute atomic E-state index is 0.0400. The molecule has 1 aromatic heterocycles. The van der Waals surface area contributed by atoms with Crippen molar-refractivity contribution >= 4 is 0 Å². The second kappa shape index (κ2) is 5.04. The maximum Gasteiger partial charge on any atom is 0.104 e. The van der Waals surface area contributed by atoms with Crippen LogP contribution in [0.15, 0.2) is 16.5 Å². The number of aliphatic hydroxyl groups excluding tert-OH is 2. The zero-order chi connectivity index (χ0) is 9.68. The number of hydrogen-bond acceptors (Lipinski definition) is 3. The van der Waals surface area contributed by atoms with E-state index in [0.29, 0.717) is 12.8 Å². The Morgan fingerprint density at radius 3 is 2.69 bits per heavy atom. The molecule has 1 aromatic rings. The Bertz CT molecular complexity index is 242. The first kappa shape index (κ1) is 10.3. The lowest BCUT2D eigenvalue weighted by atomic mass is 10.1. The van der Waals surface area contributed by atoms with Gasteiger partial charge in [0, 0.05) is 13.0 Å². The lowest BCUT2D eigenvalue weighted by Crippen LogP contribution is -2.09. The standard InChI is InChI=1S/C10H16O3/c1-8-2-4-10(13-8)5-3-9(12)6-7-11/h2,4,9,11-12H,3,5-7H2,1H3. The van der Waals surface area contributed by atoms with Crippen molar-refractivity contribution in [2.24, 2.45) is 0 Å². The third-order valence-corrected chi connectivity index (χ3v) is 1.98. The molecule has 0 aliphatic rings. The molecule has 0 bridgehead atoms. The average Bonchev–Trinajstić information content (AvgIpc) is 2.49. The molecule has 0 saturated carbocycles. The third-order valence-electron chi connectivity index (χ3n) is 1.98. The first-order valence-corrected chi connectivity index (χ1v) is 4.56. The molecule has 1 rings (SSSR count). The molecule has 2 N–H and O–H groups in total. The molecule has 0 aliphatic heterocycles. The molecule has 13 heavy (non-hydrogen) atoms. The van der Waals surface area contributed by atoms with Crippen molar-refractivity contribution in [3.8, 4) is 0 Å². The van der Waals surface area contributed by atoms with Gasteiger partial charge >= 0.3 is 0 Å². The fourth-order valence-corrected chi connectivity index (χ4v) is 1.22. The van der Waals surface area contributed by atoms with Gasteiger partial charge in [-0.3, -0.25) is 0 Å². The van der Waals surface area contributed by atoms with E-state index in [1.54, 1.807) is 0 Å². The number of hydrogen-bond donors (Lipinski definition) is 2. The molecule has 1 atom stereocenters. The molecular weight excluding hydrogens is 168 g/mol. The van der Waals surface area contributed by atoms with Gasteiger partial charge in [0.15, 0.2) is 0 Å². The topological polar surface area (TPSA) is 53.6 Å². The van der Waals surface area contributed by atoms with Gasteiger partial charge in [0.1, 0.15) is 11.5 Å². The smallest absolute Gasteiger partial charge is 0.104 e. The van der Waals surface area contributed by atoms with E-state index in [9.17, 15) is 5.11 Å². The third kappa shape index (κ3) is 3.61. The SMILES string of the molecule is Cc1ccc(CCC(O)CCO)o1. The van der Waals surface area contributed by atoms with Gasteiger partial charge in [0.2, 0.25) is 0 Å². The van der Waals surface area contributed by atoms with Gasteiger partial charge < -0.3 is 14.6 Å². The first-order chi connectivity index (χ1) is 6.22. The van der Waals surface area contributed by atoms with Crippen molar-refractivity contribution in [2.45, 2.75) is 32.3 Å². The summed E-state index contributed by atoms with van der Waals surface area (Å²) in [4.78, 5) is 0. The maximum absolute atomic E-state index is 9.32. The Morgan fingerprint density at radius 2 is 2.15 bits per heavy atom. The van der Waals surface area contributed by atoms with E-state index >= 15 is 0 Å². The van der Waals surface area contributed by atoms with Crippen molar-refractivity contribution in [1.29, 1.82) is 0 Å². The van der Waals surface area contributed by atoms with Gasteiger partial charge in [-0.2, -0.15) is 0 Å². The molecule has 0 amide bonds. The van der Waals surface area contributed by atoms with Gasteiger partial charge in [-0.1, -0.05) is 0 Å². The summed E-state index contributed by atoms with van der Waals surface area (Å²) in [5, 5.41) is 17.9. The molecule has 74 valence electrons. The summed E-state index contributed by atoms with van der Waals surface area (Å²) < 4.78 is 5.34. The van der Waals surface area contributed by atoms with Crippen LogP contribution < -0.4 is 0 Å². The van der Waals surface area contributed by atoms with Crippen LogP contribution in [0.4, 0.5) is 0 Å². The van der Waals surface area contributed by atoms with E-state index in [1.807, 2.05) is 19.1 Å². The van der Waals surface area contributed by atoms with Crippen molar-refractivity contribution in [3.05, 3.63) is 23.7 Å². The van der Waals surface area contributed by atoms with E-state index < -0.39 is 6.10 Å². The monoisotopic (exact) mass is 184 g/mol. The predicted molar refractivity (Wildman–Crippen MR) is 49.5 cm³/mol. The summed E-state index contributed by atoms with van der Waals surface area (Å²) >= 11 is 0. The van der Waals surface area contributed by atoms with Crippen molar-refractivity contribution in [2.75, 3.05) is 6.61 Å². The Balaban J connectivity index is 2.26. The Labute approximate surface area is 78.0 Å². The van der Waals surface area contributed by atoms with Crippen LogP contribution in [0.1, 0.15) is 24.4 Å². The molecule has 0 spiro atoms. The lowest BCUT2D eigenvalue weighted by Gasteiger charge is -2.06. The van der Waals surface area contributed by atoms with E-state index in [0.717, 1.165) is 17.9 Å². The largest absolute Gasteiger partial charge is 0.466 e. The minimum Gasteiger partial charge on any atom is -0.466 e. The van der Waals surface area contributed by atoms with Gasteiger partial charge in [-0.15, -0.1) is 0 Å². The van der Waals surface area contributed by atoms with Gasteiger partial charge in [0.25, 0.3) is 0 Å². The highest BCUT2D eigenvalue weighted by Crippen LogP contribution is 2.10. The van der Waals surface area contributed by atoms with Crippen LogP contribution in [-0.4, -0.2) is 22.9 Å². The van der Waals surface area contributed by atoms with Crippen molar-refractivity contribution in [1.82, 2.24) is 0 Å². The van der Waals surface area contributed by atoms with Crippen LogP contribution in [0.3, 0.4) is 0 Å². The van der Waals surface area contributed by atoms with Crippen LogP contribution in [0.2, 0.25) is 0 Å². The average molecular weight is 184 g/mol. The van der Waals surface area contributed by atoms with Crippen molar-refractivity contribution in [3.63, 3.8) is 0 Å². The predicted octanol–water partition coefficient (Wildman–Crippen LogP) is 1.26. The lowest BCUT2D eigenvalue weighted by molar-refractivity contribution is 0.124. The summed E-state index contributed by atoms with van der Waals surface area (Å²) in [5.74, 6) is 1.79. The van der Waals surface area contributed by atoms with Crippen molar-refractivity contribution < 1.29 is 14.6 Å². The molecular formula is C10H16O3. The first-order valence-electron chi connectivity index (χ1n) is 4.56. The van der Waals surface area contributed by atoms with Crippen LogP contribution in [0, 0.1) is 6.92 Å². The molecule has 0 radical (unpaired) electrons. The van der Waals surface area contributed by atoms with E-state index in [4.69, 9.17) is 9.52 Å². The van der Waals surface area contributed by atoms with Crippen LogP contribution in [-0.2, 0) is 6.42 Å². The van der Waals surface area contributed by atoms with E-state index in [-0.39, 0.29) is 6.61 Å². The van der Waals surface area contributed by atoms with Crippen LogP contribution in [0.25, 0.3) is 0 Å². The molecule has 0 aromatic carbocycles.